The van der Waals surface area contributed by atoms with Crippen LogP contribution in [-0.4, -0.2) is 0 Å². The number of nitrogens with zero attached hydrogens (tertiary/aromatic N) is 1. The largest absolute Gasteiger partial charge is 2.00 e. The van der Waals surface area contributed by atoms with E-state index in [2.05, 4.69) is 13.3 Å². The molecule has 3 nitrogen and oxygen atoms in total. The van der Waals surface area contributed by atoms with E-state index in [1.54, 1.807) is 0 Å². The van der Waals surface area contributed by atoms with Crippen LogP contribution in [0.2, 0.25) is 0 Å². The maximum absolute atomic E-state index is 7.50. The topological polar surface area (TPSA) is 63.6 Å². The first-order valence-electron chi connectivity index (χ1n) is 0.632. The van der Waals surface area contributed by atoms with Gasteiger partial charge in [0.15, 0.2) is 0 Å². The van der Waals surface area contributed by atoms with Gasteiger partial charge in [-0.25, -0.2) is 0 Å². The maximum atomic E-state index is 7.50. The van der Waals surface area contributed by atoms with E-state index in [1.807, 2.05) is 0 Å². The van der Waals surface area contributed by atoms with Gasteiger partial charge < -0.3 is 19.3 Å². The Morgan fingerprint density at radius 1 is 0.875 bits per heavy atom. The third kappa shape index (κ3) is 768. The third-order valence-electron chi connectivity index (χ3n) is 0. The molecule has 0 atom stereocenters. The summed E-state index contributed by atoms with van der Waals surface area (Å²) >= 11 is 0. The van der Waals surface area contributed by atoms with Gasteiger partial charge in [-0.05, 0) is 0 Å². The molecule has 0 unspecified atom stereocenters. The quantitative estimate of drug-likeness (QED) is 0.472. The first-order chi connectivity index (χ1) is 3.00. The molecule has 8 heavy (non-hydrogen) atoms. The summed E-state index contributed by atoms with van der Waals surface area (Å²) in [4.78, 5) is 0. The predicted octanol–water partition coefficient (Wildman–Crippen LogP) is 0.469. The molecule has 0 aromatic carbocycles. The van der Waals surface area contributed by atoms with Crippen molar-refractivity contribution >= 4 is 0 Å². The van der Waals surface area contributed by atoms with Crippen molar-refractivity contribution < 1.29 is 29.1 Å². The van der Waals surface area contributed by atoms with Gasteiger partial charge in [0.25, 0.3) is 0 Å². The normalized spacial score (nSPS) is 0.750. The van der Waals surface area contributed by atoms with E-state index in [0.29, 0.717) is 0 Å². The van der Waals surface area contributed by atoms with Gasteiger partial charge in [0.05, 0.1) is 0 Å². The average Bonchev–Trinajstić information content (AvgIpc) is 1.81. The zero-order chi connectivity index (χ0) is 6.00. The minimum absolute atomic E-state index is 0. The zero-order valence-electron chi connectivity index (χ0n) is 4.12. The van der Waals surface area contributed by atoms with E-state index in [9.17, 15) is 0 Å². The smallest absolute Gasteiger partial charge is 0.358 e. The van der Waals surface area contributed by atoms with Crippen LogP contribution in [0, 0.1) is 32.6 Å². The Morgan fingerprint density at radius 3 is 0.875 bits per heavy atom. The van der Waals surface area contributed by atoms with Crippen LogP contribution in [-0.2, 0) is 29.1 Å². The van der Waals surface area contributed by atoms with Crippen LogP contribution in [0.5, 0.6) is 0 Å². The monoisotopic (exact) mass is 289 g/mol. The van der Waals surface area contributed by atoms with E-state index in [0.717, 1.165) is 0 Å². The number of rotatable bonds is 0. The molecule has 0 bridgehead atoms. The molecule has 4 heteroatoms. The molecular weight excluding hydrogens is 284 g/mol. The molecule has 0 aromatic heterocycles. The van der Waals surface area contributed by atoms with Crippen LogP contribution in [0.3, 0.4) is 0 Å². The molecular formula is C4H3NO2Os. The van der Waals surface area contributed by atoms with Gasteiger partial charge in [-0.3, -0.25) is 0 Å². The van der Waals surface area contributed by atoms with E-state index >= 15 is 0 Å². The fraction of sp³-hybridized carbons (Fsp3) is 0. The number of hydrogen-bond acceptors (Lipinski definition) is 1. The Kier molecular flexibility index (Phi) is 8190. The molecule has 0 saturated heterocycles. The van der Waals surface area contributed by atoms with Crippen molar-refractivity contribution in [2.24, 2.45) is 0 Å². The molecule has 0 rings (SSSR count). The summed E-state index contributed by atoms with van der Waals surface area (Å²) in [6.07, 6.45) is 0. The Morgan fingerprint density at radius 2 is 0.875 bits per heavy atom. The van der Waals surface area contributed by atoms with E-state index in [1.165, 1.54) is 0 Å². The van der Waals surface area contributed by atoms with Crippen LogP contribution in [0.15, 0.2) is 0 Å². The minimum Gasteiger partial charge on any atom is -0.358 e. The molecule has 44 valence electrons. The fourth-order valence-corrected chi connectivity index (χ4v) is 0. The molecule has 0 radical (unpaired) electrons. The first kappa shape index (κ1) is 48.9. The zero-order valence-corrected chi connectivity index (χ0v) is 6.66. The van der Waals surface area contributed by atoms with Crippen molar-refractivity contribution in [1.29, 1.82) is 5.26 Å². The molecule has 0 aliphatic rings. The van der Waals surface area contributed by atoms with Crippen LogP contribution in [0.25, 0.3) is 0 Å². The molecule has 0 fully saturated rings. The Bertz CT molecular complexity index is 42.5. The van der Waals surface area contributed by atoms with Crippen molar-refractivity contribution in [3.63, 3.8) is 0 Å². The van der Waals surface area contributed by atoms with E-state index < -0.39 is 0 Å². The summed E-state index contributed by atoms with van der Waals surface area (Å²) < 4.78 is 15.0. The van der Waals surface area contributed by atoms with Gasteiger partial charge in [-0.1, -0.05) is 0 Å². The van der Waals surface area contributed by atoms with Crippen molar-refractivity contribution in [1.82, 2.24) is 0 Å². The molecule has 0 amide bonds. The van der Waals surface area contributed by atoms with Crippen molar-refractivity contribution in [3.05, 3.63) is 27.3 Å². The SMILES string of the molecule is [C-]#N.[C-]#[O+].[C-]#[O+].[CH3-].[Os+2]. The summed E-state index contributed by atoms with van der Waals surface area (Å²) in [6.45, 7) is 13.8. The predicted molar refractivity (Wildman–Crippen MR) is 19.2 cm³/mol. The molecule has 0 heterocycles. The summed E-state index contributed by atoms with van der Waals surface area (Å²) in [5.74, 6) is 0. The third-order valence-corrected chi connectivity index (χ3v) is 0. The van der Waals surface area contributed by atoms with Gasteiger partial charge >= 0.3 is 42.4 Å². The molecule has 0 N–H and O–H groups in total. The minimum atomic E-state index is 0. The standard InChI is InChI=1S/CN.2CO.CH3.Os/c3*1-2;;/h;;;1H3;/q-1;;;-1;+2. The van der Waals surface area contributed by atoms with Gasteiger partial charge in [-0.15, -0.1) is 0 Å². The molecule has 0 aliphatic heterocycles. The second kappa shape index (κ2) is 1340. The first-order valence-corrected chi connectivity index (χ1v) is 0.632. The van der Waals surface area contributed by atoms with E-state index in [-0.39, 0.29) is 27.2 Å². The van der Waals surface area contributed by atoms with Crippen LogP contribution < -0.4 is 0 Å². The summed E-state index contributed by atoms with van der Waals surface area (Å²) in [7, 11) is 0. The Labute approximate surface area is 62.2 Å². The second-order valence-electron chi connectivity index (χ2n) is 0. The number of hydrogen-bond donors (Lipinski definition) is 0. The maximum Gasteiger partial charge on any atom is 2.00 e. The Balaban J connectivity index is -0.00000000500. The van der Waals surface area contributed by atoms with Crippen LogP contribution >= 0.6 is 0 Å². The van der Waals surface area contributed by atoms with Crippen molar-refractivity contribution in [2.45, 2.75) is 0 Å². The van der Waals surface area contributed by atoms with Crippen LogP contribution in [0.4, 0.5) is 0 Å². The van der Waals surface area contributed by atoms with Crippen molar-refractivity contribution in [2.75, 3.05) is 0 Å². The van der Waals surface area contributed by atoms with E-state index in [4.69, 9.17) is 21.1 Å². The fourth-order valence-electron chi connectivity index (χ4n) is 0. The second-order valence-corrected chi connectivity index (χ2v) is 0. The summed E-state index contributed by atoms with van der Waals surface area (Å²) in [5, 5.41) is 6.25. The van der Waals surface area contributed by atoms with Gasteiger partial charge in [0.1, 0.15) is 0 Å². The summed E-state index contributed by atoms with van der Waals surface area (Å²) in [5.41, 5.74) is 0. The molecule has 0 saturated carbocycles. The van der Waals surface area contributed by atoms with Gasteiger partial charge in [-0.2, -0.15) is 0 Å². The van der Waals surface area contributed by atoms with Gasteiger partial charge in [0.2, 0.25) is 0 Å². The summed E-state index contributed by atoms with van der Waals surface area (Å²) in [6, 6.07) is 0. The van der Waals surface area contributed by atoms with Gasteiger partial charge in [0, 0.05) is 0 Å². The molecule has 0 aliphatic carbocycles. The van der Waals surface area contributed by atoms with Crippen LogP contribution in [0.1, 0.15) is 0 Å². The Hall–Kier alpha value is -0.394. The molecule has 0 aromatic rings. The molecule has 0 spiro atoms. The average molecular weight is 287 g/mol. The van der Waals surface area contributed by atoms with Crippen molar-refractivity contribution in [3.8, 4) is 0 Å².